The van der Waals surface area contributed by atoms with E-state index in [1.165, 1.54) is 24.0 Å². The molecule has 1 aliphatic rings. The lowest BCUT2D eigenvalue weighted by Gasteiger charge is -2.34. The Labute approximate surface area is 177 Å². The van der Waals surface area contributed by atoms with Gasteiger partial charge in [-0.25, -0.2) is 18.7 Å². The normalized spacial score (nSPS) is 19.3. The van der Waals surface area contributed by atoms with Gasteiger partial charge in [-0.1, -0.05) is 18.2 Å². The van der Waals surface area contributed by atoms with Gasteiger partial charge in [0.15, 0.2) is 23.2 Å². The zero-order chi connectivity index (χ0) is 22.5. The number of carbonyl (C=O) groups excluding carboxylic acids is 1. The standard InChI is InChI=1S/C21H23F2N5O3/c1-12(29)17(25-9-13-4-2-3-5-14(13)22)8-16(24)20-26-10-15(23)21(27-20)28-7-6-18(30)19(31)11-28/h2-5,8,10,18-19,24-25,30-31H,6-7,9,11H2,1H3/b17-8-,24-16?. The number of piperidine rings is 1. The van der Waals surface area contributed by atoms with E-state index < -0.39 is 23.8 Å². The van der Waals surface area contributed by atoms with E-state index in [0.717, 1.165) is 6.20 Å². The Morgan fingerprint density at radius 3 is 2.71 bits per heavy atom. The maximum atomic E-state index is 14.3. The lowest BCUT2D eigenvalue weighted by atomic mass is 10.1. The van der Waals surface area contributed by atoms with Crippen molar-refractivity contribution in [1.29, 1.82) is 5.41 Å². The Hall–Kier alpha value is -3.24. The third-order valence-electron chi connectivity index (χ3n) is 4.91. The molecular weight excluding hydrogens is 408 g/mol. The molecule has 0 bridgehead atoms. The van der Waals surface area contributed by atoms with Crippen molar-refractivity contribution < 1.29 is 23.8 Å². The number of rotatable bonds is 7. The first kappa shape index (κ1) is 22.4. The first-order valence-corrected chi connectivity index (χ1v) is 9.68. The maximum absolute atomic E-state index is 14.3. The first-order chi connectivity index (χ1) is 14.8. The van der Waals surface area contributed by atoms with Crippen molar-refractivity contribution in [2.75, 3.05) is 18.0 Å². The van der Waals surface area contributed by atoms with Crippen LogP contribution in [0.4, 0.5) is 14.6 Å². The second-order valence-electron chi connectivity index (χ2n) is 7.21. The van der Waals surface area contributed by atoms with E-state index >= 15 is 0 Å². The molecule has 1 fully saturated rings. The van der Waals surface area contributed by atoms with Crippen molar-refractivity contribution in [1.82, 2.24) is 15.3 Å². The van der Waals surface area contributed by atoms with Gasteiger partial charge < -0.3 is 20.4 Å². The van der Waals surface area contributed by atoms with Gasteiger partial charge >= 0.3 is 0 Å². The molecule has 2 unspecified atom stereocenters. The Morgan fingerprint density at radius 1 is 1.29 bits per heavy atom. The van der Waals surface area contributed by atoms with Crippen LogP contribution >= 0.6 is 0 Å². The predicted molar refractivity (Wildman–Crippen MR) is 110 cm³/mol. The molecule has 8 nitrogen and oxygen atoms in total. The zero-order valence-electron chi connectivity index (χ0n) is 16.8. The van der Waals surface area contributed by atoms with Crippen LogP contribution < -0.4 is 10.2 Å². The van der Waals surface area contributed by atoms with Gasteiger partial charge in [-0.05, 0) is 18.6 Å². The number of Topliss-reactive ketones (excluding diaryl/α,β-unsaturated/α-hetero) is 1. The molecule has 2 aromatic rings. The van der Waals surface area contributed by atoms with Crippen LogP contribution in [-0.2, 0) is 11.3 Å². The number of aliphatic hydroxyl groups is 2. The van der Waals surface area contributed by atoms with E-state index in [2.05, 4.69) is 15.3 Å². The van der Waals surface area contributed by atoms with Crippen molar-refractivity contribution in [3.63, 3.8) is 0 Å². The van der Waals surface area contributed by atoms with Gasteiger partial charge in [0.25, 0.3) is 0 Å². The van der Waals surface area contributed by atoms with Gasteiger partial charge in [-0.3, -0.25) is 10.2 Å². The van der Waals surface area contributed by atoms with Gasteiger partial charge in [0.2, 0.25) is 0 Å². The van der Waals surface area contributed by atoms with E-state index in [9.17, 15) is 23.8 Å². The Bertz CT molecular complexity index is 1010. The summed E-state index contributed by atoms with van der Waals surface area (Å²) in [4.78, 5) is 21.3. The quantitative estimate of drug-likeness (QED) is 0.385. The molecule has 0 amide bonds. The average Bonchev–Trinajstić information content (AvgIpc) is 2.74. The molecule has 164 valence electrons. The summed E-state index contributed by atoms with van der Waals surface area (Å²) in [5, 5.41) is 30.5. The molecule has 1 aliphatic heterocycles. The third kappa shape index (κ3) is 5.47. The summed E-state index contributed by atoms with van der Waals surface area (Å²) in [6, 6.07) is 6.11. The van der Waals surface area contributed by atoms with Gasteiger partial charge in [-0.15, -0.1) is 0 Å². The number of benzene rings is 1. The number of hydrogen-bond acceptors (Lipinski definition) is 8. The highest BCUT2D eigenvalue weighted by Gasteiger charge is 2.28. The first-order valence-electron chi connectivity index (χ1n) is 9.68. The summed E-state index contributed by atoms with van der Waals surface area (Å²) in [5.41, 5.74) is 0.164. The number of nitrogens with one attached hydrogen (secondary N) is 2. The highest BCUT2D eigenvalue weighted by atomic mass is 19.1. The van der Waals surface area contributed by atoms with E-state index in [1.807, 2.05) is 0 Å². The highest BCUT2D eigenvalue weighted by Crippen LogP contribution is 2.21. The number of ketones is 1. The number of hydrogen-bond donors (Lipinski definition) is 4. The summed E-state index contributed by atoms with van der Waals surface area (Å²) < 4.78 is 28.1. The molecule has 0 aliphatic carbocycles. The third-order valence-corrected chi connectivity index (χ3v) is 4.91. The number of aromatic nitrogens is 2. The van der Waals surface area contributed by atoms with Crippen molar-refractivity contribution in [3.05, 3.63) is 65.3 Å². The van der Waals surface area contributed by atoms with Crippen LogP contribution in [0.5, 0.6) is 0 Å². The molecule has 10 heteroatoms. The van der Waals surface area contributed by atoms with Crippen molar-refractivity contribution in [3.8, 4) is 0 Å². The SMILES string of the molecule is CC(=O)/C(=C/C(=N)c1ncc(F)c(N2CCC(O)C(O)C2)n1)NCc1ccccc1F. The van der Waals surface area contributed by atoms with Crippen LogP contribution in [0.25, 0.3) is 0 Å². The number of aliphatic hydroxyl groups excluding tert-OH is 2. The van der Waals surface area contributed by atoms with E-state index in [1.54, 1.807) is 18.2 Å². The molecule has 31 heavy (non-hydrogen) atoms. The number of halogens is 2. The average molecular weight is 431 g/mol. The fourth-order valence-corrected chi connectivity index (χ4v) is 3.14. The fraction of sp³-hybridized carbons (Fsp3) is 0.333. The van der Waals surface area contributed by atoms with Crippen LogP contribution in [0.1, 0.15) is 24.7 Å². The van der Waals surface area contributed by atoms with Crippen molar-refractivity contribution >= 4 is 17.3 Å². The Morgan fingerprint density at radius 2 is 2.03 bits per heavy atom. The van der Waals surface area contributed by atoms with E-state index in [4.69, 9.17) is 5.41 Å². The molecule has 1 saturated heterocycles. The largest absolute Gasteiger partial charge is 0.390 e. The summed E-state index contributed by atoms with van der Waals surface area (Å²) in [5.74, 6) is -1.75. The number of anilines is 1. The Kier molecular flexibility index (Phi) is 7.03. The summed E-state index contributed by atoms with van der Waals surface area (Å²) >= 11 is 0. The van der Waals surface area contributed by atoms with Crippen LogP contribution in [0.2, 0.25) is 0 Å². The molecule has 0 saturated carbocycles. The lowest BCUT2D eigenvalue weighted by Crippen LogP contribution is -2.47. The number of nitrogens with zero attached hydrogens (tertiary/aromatic N) is 3. The van der Waals surface area contributed by atoms with Crippen LogP contribution in [0.3, 0.4) is 0 Å². The molecular formula is C21H23F2N5O3. The second kappa shape index (κ2) is 9.71. The summed E-state index contributed by atoms with van der Waals surface area (Å²) in [7, 11) is 0. The molecule has 2 atom stereocenters. The van der Waals surface area contributed by atoms with Gasteiger partial charge in [0.1, 0.15) is 11.5 Å². The lowest BCUT2D eigenvalue weighted by molar-refractivity contribution is -0.114. The monoisotopic (exact) mass is 431 g/mol. The Balaban J connectivity index is 1.79. The number of allylic oxidation sites excluding steroid dienone is 2. The molecule has 1 aromatic carbocycles. The van der Waals surface area contributed by atoms with Gasteiger partial charge in [-0.2, -0.15) is 0 Å². The maximum Gasteiger partial charge on any atom is 0.183 e. The van der Waals surface area contributed by atoms with Crippen molar-refractivity contribution in [2.24, 2.45) is 0 Å². The summed E-state index contributed by atoms with van der Waals surface area (Å²) in [6.07, 6.45) is 0.427. The summed E-state index contributed by atoms with van der Waals surface area (Å²) in [6.45, 7) is 1.60. The molecule has 0 radical (unpaired) electrons. The van der Waals surface area contributed by atoms with Crippen LogP contribution in [0.15, 0.2) is 42.2 Å². The molecule has 0 spiro atoms. The molecule has 3 rings (SSSR count). The van der Waals surface area contributed by atoms with Crippen LogP contribution in [-0.4, -0.2) is 57.0 Å². The highest BCUT2D eigenvalue weighted by molar-refractivity contribution is 6.09. The van der Waals surface area contributed by atoms with E-state index in [-0.39, 0.29) is 54.9 Å². The number of β-amino-alcohol motifs (C(OH)–C–C–N with tert-alkyl or cyclic N) is 1. The minimum absolute atomic E-state index is 0.0133. The topological polar surface area (TPSA) is 122 Å². The molecule has 1 aromatic heterocycles. The van der Waals surface area contributed by atoms with Gasteiger partial charge in [0.05, 0.1) is 24.1 Å². The fourth-order valence-electron chi connectivity index (χ4n) is 3.14. The van der Waals surface area contributed by atoms with Gasteiger partial charge in [0, 0.05) is 32.1 Å². The number of carbonyl (C=O) groups is 1. The minimum atomic E-state index is -1.04. The molecule has 4 N–H and O–H groups in total. The zero-order valence-corrected chi connectivity index (χ0v) is 16.8. The predicted octanol–water partition coefficient (Wildman–Crippen LogP) is 1.32. The molecule has 2 heterocycles. The van der Waals surface area contributed by atoms with Crippen LogP contribution in [0, 0.1) is 17.0 Å². The van der Waals surface area contributed by atoms with E-state index in [0.29, 0.717) is 5.56 Å². The van der Waals surface area contributed by atoms with Crippen molar-refractivity contribution in [2.45, 2.75) is 32.1 Å². The second-order valence-corrected chi connectivity index (χ2v) is 7.21. The minimum Gasteiger partial charge on any atom is -0.390 e. The smallest absolute Gasteiger partial charge is 0.183 e.